The standard InChI is InChI=1S/C26H34N2O3/c1-16(30)31-19-9-11-25(2)18(13-19)5-6-20-21-7-8-23(26(21,3)12-10-22(20)25)24-17(15-29)14-28(4)27-24/h5,8,14-15,19-22H,6-7,9-13H2,1-4H3/t19-,20-,21-,22-,25-,26-/m0/s1. The zero-order valence-electron chi connectivity index (χ0n) is 19.2. The maximum Gasteiger partial charge on any atom is 0.302 e. The fraction of sp³-hybridized carbons (Fsp3) is 0.654. The summed E-state index contributed by atoms with van der Waals surface area (Å²) in [5.74, 6) is 1.79. The maximum absolute atomic E-state index is 11.7. The summed E-state index contributed by atoms with van der Waals surface area (Å²) in [7, 11) is 1.89. The van der Waals surface area contributed by atoms with Crippen LogP contribution in [0.15, 0.2) is 23.9 Å². The van der Waals surface area contributed by atoms with Crippen LogP contribution in [-0.2, 0) is 16.6 Å². The van der Waals surface area contributed by atoms with E-state index < -0.39 is 0 Å². The number of aromatic nitrogens is 2. The second-order valence-corrected chi connectivity index (χ2v) is 10.8. The molecule has 4 aliphatic carbocycles. The molecule has 2 saturated carbocycles. The van der Waals surface area contributed by atoms with Gasteiger partial charge in [-0.15, -0.1) is 0 Å². The number of carbonyl (C=O) groups excluding carboxylic acids is 2. The molecule has 0 aliphatic heterocycles. The van der Waals surface area contributed by atoms with Gasteiger partial charge in [0.05, 0.1) is 11.3 Å². The molecule has 6 atom stereocenters. The van der Waals surface area contributed by atoms with Gasteiger partial charge in [-0.1, -0.05) is 31.6 Å². The highest BCUT2D eigenvalue weighted by Crippen LogP contribution is 2.66. The fourth-order valence-electron chi connectivity index (χ4n) is 7.70. The first-order valence-electron chi connectivity index (χ1n) is 11.8. The van der Waals surface area contributed by atoms with E-state index in [0.717, 1.165) is 50.5 Å². The van der Waals surface area contributed by atoms with Crippen LogP contribution in [0.3, 0.4) is 0 Å². The summed E-state index contributed by atoms with van der Waals surface area (Å²) in [6.45, 7) is 6.40. The average Bonchev–Trinajstić information content (AvgIpc) is 3.26. The number of fused-ring (bicyclic) bond motifs is 5. The molecule has 0 saturated heterocycles. The molecular weight excluding hydrogens is 388 g/mol. The summed E-state index contributed by atoms with van der Waals surface area (Å²) in [6.07, 6.45) is 15.2. The van der Waals surface area contributed by atoms with Crippen molar-refractivity contribution in [2.45, 2.75) is 71.8 Å². The van der Waals surface area contributed by atoms with Crippen LogP contribution in [-0.4, -0.2) is 28.1 Å². The highest BCUT2D eigenvalue weighted by Gasteiger charge is 2.57. The number of allylic oxidation sites excluding steroid dienone is 3. The van der Waals surface area contributed by atoms with Crippen LogP contribution < -0.4 is 0 Å². The lowest BCUT2D eigenvalue weighted by atomic mass is 9.47. The largest absolute Gasteiger partial charge is 0.462 e. The Hall–Kier alpha value is -2.17. The van der Waals surface area contributed by atoms with E-state index in [0.29, 0.717) is 23.3 Å². The van der Waals surface area contributed by atoms with Gasteiger partial charge in [-0.2, -0.15) is 5.10 Å². The Morgan fingerprint density at radius 3 is 2.68 bits per heavy atom. The van der Waals surface area contributed by atoms with Crippen molar-refractivity contribution in [1.82, 2.24) is 9.78 Å². The molecule has 1 aromatic rings. The van der Waals surface area contributed by atoms with Crippen LogP contribution in [0.25, 0.3) is 5.57 Å². The van der Waals surface area contributed by atoms with E-state index in [1.54, 1.807) is 4.68 Å². The first kappa shape index (κ1) is 20.7. The number of ether oxygens (including phenoxy) is 1. The maximum atomic E-state index is 11.7. The molecule has 4 aliphatic rings. The van der Waals surface area contributed by atoms with E-state index in [1.165, 1.54) is 24.5 Å². The van der Waals surface area contributed by atoms with E-state index in [2.05, 4.69) is 31.1 Å². The van der Waals surface area contributed by atoms with Crippen LogP contribution in [0.4, 0.5) is 0 Å². The van der Waals surface area contributed by atoms with E-state index in [9.17, 15) is 9.59 Å². The smallest absolute Gasteiger partial charge is 0.302 e. The summed E-state index contributed by atoms with van der Waals surface area (Å²) in [5.41, 5.74) is 4.72. The minimum absolute atomic E-state index is 0.0490. The van der Waals surface area contributed by atoms with E-state index >= 15 is 0 Å². The number of rotatable bonds is 3. The van der Waals surface area contributed by atoms with Crippen LogP contribution in [0.2, 0.25) is 0 Å². The lowest BCUT2D eigenvalue weighted by Gasteiger charge is -2.57. The third-order valence-corrected chi connectivity index (χ3v) is 9.21. The lowest BCUT2D eigenvalue weighted by Crippen LogP contribution is -2.50. The summed E-state index contributed by atoms with van der Waals surface area (Å²) < 4.78 is 7.33. The van der Waals surface area contributed by atoms with Crippen molar-refractivity contribution in [1.29, 1.82) is 0 Å². The van der Waals surface area contributed by atoms with Gasteiger partial charge >= 0.3 is 5.97 Å². The molecule has 0 amide bonds. The first-order chi connectivity index (χ1) is 14.8. The number of carbonyl (C=O) groups is 2. The Morgan fingerprint density at radius 2 is 1.94 bits per heavy atom. The summed E-state index contributed by atoms with van der Waals surface area (Å²) in [6, 6.07) is 0. The number of aldehydes is 1. The quantitative estimate of drug-likeness (QED) is 0.385. The molecule has 5 rings (SSSR count). The van der Waals surface area contributed by atoms with Crippen molar-refractivity contribution < 1.29 is 14.3 Å². The van der Waals surface area contributed by atoms with Crippen molar-refractivity contribution in [3.8, 4) is 0 Å². The molecule has 0 spiro atoms. The monoisotopic (exact) mass is 422 g/mol. The van der Waals surface area contributed by atoms with Crippen molar-refractivity contribution in [2.75, 3.05) is 0 Å². The Labute approximate surface area is 184 Å². The average molecular weight is 423 g/mol. The second-order valence-electron chi connectivity index (χ2n) is 10.8. The molecular formula is C26H34N2O3. The van der Waals surface area contributed by atoms with Crippen molar-refractivity contribution in [3.05, 3.63) is 35.2 Å². The van der Waals surface area contributed by atoms with E-state index in [-0.39, 0.29) is 22.9 Å². The minimum atomic E-state index is -0.162. The fourth-order valence-corrected chi connectivity index (χ4v) is 7.70. The molecule has 1 aromatic heterocycles. The molecule has 5 heteroatoms. The van der Waals surface area contributed by atoms with Gasteiger partial charge in [0.1, 0.15) is 6.10 Å². The van der Waals surface area contributed by atoms with Gasteiger partial charge < -0.3 is 4.74 Å². The zero-order chi connectivity index (χ0) is 22.0. The summed E-state index contributed by atoms with van der Waals surface area (Å²) in [5, 5.41) is 4.68. The van der Waals surface area contributed by atoms with Gasteiger partial charge in [-0.05, 0) is 72.7 Å². The molecule has 1 heterocycles. The number of hydrogen-bond acceptors (Lipinski definition) is 4. The molecule has 0 unspecified atom stereocenters. The highest BCUT2D eigenvalue weighted by molar-refractivity contribution is 5.86. The minimum Gasteiger partial charge on any atom is -0.462 e. The third kappa shape index (κ3) is 3.07. The summed E-state index contributed by atoms with van der Waals surface area (Å²) in [4.78, 5) is 23.1. The summed E-state index contributed by atoms with van der Waals surface area (Å²) >= 11 is 0. The molecule has 0 bridgehead atoms. The molecule has 2 fully saturated rings. The first-order valence-corrected chi connectivity index (χ1v) is 11.8. The van der Waals surface area contributed by atoms with Crippen LogP contribution in [0.5, 0.6) is 0 Å². The zero-order valence-corrected chi connectivity index (χ0v) is 19.2. The Bertz CT molecular complexity index is 989. The van der Waals surface area contributed by atoms with Crippen LogP contribution in [0, 0.1) is 28.6 Å². The second kappa shape index (κ2) is 7.18. The molecule has 0 aromatic carbocycles. The van der Waals surface area contributed by atoms with Crippen LogP contribution >= 0.6 is 0 Å². The lowest BCUT2D eigenvalue weighted by molar-refractivity contribution is -0.148. The Morgan fingerprint density at radius 1 is 1.16 bits per heavy atom. The van der Waals surface area contributed by atoms with Gasteiger partial charge in [-0.3, -0.25) is 14.3 Å². The van der Waals surface area contributed by atoms with Crippen LogP contribution in [0.1, 0.15) is 81.8 Å². The topological polar surface area (TPSA) is 61.2 Å². The number of aryl methyl sites for hydroxylation is 1. The molecule has 166 valence electrons. The third-order valence-electron chi connectivity index (χ3n) is 9.21. The Balaban J connectivity index is 1.42. The predicted octanol–water partition coefficient (Wildman–Crippen LogP) is 5.12. The van der Waals surface area contributed by atoms with E-state index in [1.807, 2.05) is 13.2 Å². The van der Waals surface area contributed by atoms with Gasteiger partial charge in [0.25, 0.3) is 0 Å². The molecule has 5 nitrogen and oxygen atoms in total. The van der Waals surface area contributed by atoms with Gasteiger partial charge in [0.15, 0.2) is 6.29 Å². The molecule has 31 heavy (non-hydrogen) atoms. The van der Waals surface area contributed by atoms with Crippen molar-refractivity contribution in [3.63, 3.8) is 0 Å². The predicted molar refractivity (Wildman–Crippen MR) is 119 cm³/mol. The van der Waals surface area contributed by atoms with E-state index in [4.69, 9.17) is 4.74 Å². The normalized spacial score (nSPS) is 39.0. The SMILES string of the molecule is CC(=O)O[C@H]1CC[C@@]2(C)C(=CC[C@@H]3[C@@H]2CC[C@]2(C)C(c4nn(C)cc4C=O)=CC[C@@H]32)C1. The van der Waals surface area contributed by atoms with Gasteiger partial charge in [0, 0.05) is 26.6 Å². The number of nitrogens with zero attached hydrogens (tertiary/aromatic N) is 2. The highest BCUT2D eigenvalue weighted by atomic mass is 16.5. The molecule has 0 radical (unpaired) electrons. The van der Waals surface area contributed by atoms with Gasteiger partial charge in [-0.25, -0.2) is 0 Å². The van der Waals surface area contributed by atoms with Crippen molar-refractivity contribution in [2.24, 2.45) is 35.6 Å². The Kier molecular flexibility index (Phi) is 4.80. The van der Waals surface area contributed by atoms with Gasteiger partial charge in [0.2, 0.25) is 0 Å². The number of hydrogen-bond donors (Lipinski definition) is 0. The van der Waals surface area contributed by atoms with Crippen molar-refractivity contribution >= 4 is 17.8 Å². The number of esters is 1. The molecule has 0 N–H and O–H groups in total.